The number of aliphatic hydroxyl groups is 1. The van der Waals surface area contributed by atoms with Crippen LogP contribution in [0.1, 0.15) is 11.3 Å². The average molecular weight is 215 g/mol. The Labute approximate surface area is 78.7 Å². The summed E-state index contributed by atoms with van der Waals surface area (Å²) < 4.78 is 3.31. The lowest BCUT2D eigenvalue weighted by Crippen LogP contribution is -2.01. The number of rotatable bonds is 1. The van der Waals surface area contributed by atoms with E-state index in [1.54, 1.807) is 0 Å². The zero-order valence-corrected chi connectivity index (χ0v) is 7.62. The van der Waals surface area contributed by atoms with E-state index in [-0.39, 0.29) is 12.4 Å². The van der Waals surface area contributed by atoms with Crippen molar-refractivity contribution in [2.45, 2.75) is 10.4 Å². The van der Waals surface area contributed by atoms with Crippen molar-refractivity contribution in [2.24, 2.45) is 0 Å². The van der Waals surface area contributed by atoms with Crippen molar-refractivity contribution >= 4 is 34.8 Å². The Morgan fingerprint density at radius 3 is 2.45 bits per heavy atom. The molecule has 1 heterocycles. The molecule has 0 radical (unpaired) electrons. The molecule has 5 heteroatoms. The number of hydrogen-bond donors (Lipinski definition) is 1. The lowest BCUT2D eigenvalue weighted by Gasteiger charge is -2.08. The maximum atomic E-state index is 8.70. The van der Waals surface area contributed by atoms with Crippen LogP contribution in [-0.2, 0) is 10.4 Å². The van der Waals surface area contributed by atoms with E-state index in [9.17, 15) is 0 Å². The standard InChI is InChI=1S/C6H5Cl3O2/c7-6(8,9)4-1-2-11-5(4)3-10/h1-2,10H,3H2. The molecular formula is C6H5Cl3O2. The molecule has 0 aliphatic rings. The second-order valence-corrected chi connectivity index (χ2v) is 4.19. The number of aliphatic hydroxyl groups excluding tert-OH is 1. The zero-order chi connectivity index (χ0) is 8.48. The van der Waals surface area contributed by atoms with Gasteiger partial charge in [-0.25, -0.2) is 0 Å². The van der Waals surface area contributed by atoms with Gasteiger partial charge in [-0.2, -0.15) is 0 Å². The minimum Gasteiger partial charge on any atom is -0.466 e. The van der Waals surface area contributed by atoms with Crippen molar-refractivity contribution in [3.05, 3.63) is 23.7 Å². The van der Waals surface area contributed by atoms with Gasteiger partial charge in [0, 0.05) is 5.56 Å². The largest absolute Gasteiger partial charge is 0.466 e. The van der Waals surface area contributed by atoms with Crippen molar-refractivity contribution in [3.8, 4) is 0 Å². The Balaban J connectivity index is 3.02. The van der Waals surface area contributed by atoms with Gasteiger partial charge in [-0.3, -0.25) is 0 Å². The van der Waals surface area contributed by atoms with Gasteiger partial charge in [-0.1, -0.05) is 34.8 Å². The van der Waals surface area contributed by atoms with Gasteiger partial charge < -0.3 is 9.52 Å². The van der Waals surface area contributed by atoms with Crippen LogP contribution < -0.4 is 0 Å². The minimum atomic E-state index is -1.52. The molecule has 0 bridgehead atoms. The Kier molecular flexibility index (Phi) is 2.70. The van der Waals surface area contributed by atoms with Crippen molar-refractivity contribution in [1.29, 1.82) is 0 Å². The Morgan fingerprint density at radius 2 is 2.09 bits per heavy atom. The van der Waals surface area contributed by atoms with Crippen molar-refractivity contribution in [2.75, 3.05) is 0 Å². The molecule has 0 fully saturated rings. The molecule has 1 rings (SSSR count). The summed E-state index contributed by atoms with van der Waals surface area (Å²) in [6, 6.07) is 1.51. The summed E-state index contributed by atoms with van der Waals surface area (Å²) in [7, 11) is 0. The highest BCUT2D eigenvalue weighted by atomic mass is 35.6. The first kappa shape index (κ1) is 9.20. The summed E-state index contributed by atoms with van der Waals surface area (Å²) in [5.41, 5.74) is 0.380. The summed E-state index contributed by atoms with van der Waals surface area (Å²) in [6.45, 7) is -0.268. The van der Waals surface area contributed by atoms with Crippen LogP contribution in [0.5, 0.6) is 0 Å². The summed E-state index contributed by atoms with van der Waals surface area (Å²) >= 11 is 16.6. The number of alkyl halides is 3. The van der Waals surface area contributed by atoms with E-state index < -0.39 is 3.79 Å². The third kappa shape index (κ3) is 2.03. The molecule has 0 spiro atoms. The zero-order valence-electron chi connectivity index (χ0n) is 5.35. The summed E-state index contributed by atoms with van der Waals surface area (Å²) in [4.78, 5) is 0. The smallest absolute Gasteiger partial charge is 0.219 e. The first-order chi connectivity index (χ1) is 5.05. The van der Waals surface area contributed by atoms with Crippen molar-refractivity contribution in [3.63, 3.8) is 0 Å². The quantitative estimate of drug-likeness (QED) is 0.731. The molecule has 1 N–H and O–H groups in total. The van der Waals surface area contributed by atoms with Crippen LogP contribution in [0.2, 0.25) is 0 Å². The normalized spacial score (nSPS) is 12.0. The van der Waals surface area contributed by atoms with Crippen LogP contribution in [0.3, 0.4) is 0 Å². The highest BCUT2D eigenvalue weighted by Crippen LogP contribution is 2.40. The summed E-state index contributed by atoms with van der Waals surface area (Å²) in [5, 5.41) is 8.70. The highest BCUT2D eigenvalue weighted by molar-refractivity contribution is 6.66. The van der Waals surface area contributed by atoms with E-state index in [2.05, 4.69) is 0 Å². The fraction of sp³-hybridized carbons (Fsp3) is 0.333. The van der Waals surface area contributed by atoms with E-state index in [0.717, 1.165) is 0 Å². The molecule has 0 unspecified atom stereocenters. The van der Waals surface area contributed by atoms with Crippen molar-refractivity contribution < 1.29 is 9.52 Å². The first-order valence-corrected chi connectivity index (χ1v) is 3.93. The van der Waals surface area contributed by atoms with Gasteiger partial charge in [0.05, 0.1) is 6.26 Å². The van der Waals surface area contributed by atoms with Gasteiger partial charge in [-0.15, -0.1) is 0 Å². The first-order valence-electron chi connectivity index (χ1n) is 2.80. The van der Waals surface area contributed by atoms with Crippen LogP contribution in [0.4, 0.5) is 0 Å². The third-order valence-corrected chi connectivity index (χ3v) is 1.81. The van der Waals surface area contributed by atoms with Crippen LogP contribution >= 0.6 is 34.8 Å². The van der Waals surface area contributed by atoms with Gasteiger partial charge in [-0.05, 0) is 6.07 Å². The number of hydrogen-bond acceptors (Lipinski definition) is 2. The molecule has 0 aliphatic heterocycles. The molecule has 0 amide bonds. The van der Waals surface area contributed by atoms with E-state index >= 15 is 0 Å². The van der Waals surface area contributed by atoms with Gasteiger partial charge in [0.15, 0.2) is 0 Å². The monoisotopic (exact) mass is 214 g/mol. The lowest BCUT2D eigenvalue weighted by atomic mass is 10.3. The Hall–Kier alpha value is 0.110. The van der Waals surface area contributed by atoms with Gasteiger partial charge >= 0.3 is 0 Å². The predicted molar refractivity (Wildman–Crippen MR) is 43.9 cm³/mol. The summed E-state index contributed by atoms with van der Waals surface area (Å²) in [5.74, 6) is 0.282. The average Bonchev–Trinajstić information content (AvgIpc) is 2.31. The van der Waals surface area contributed by atoms with Gasteiger partial charge in [0.25, 0.3) is 0 Å². The molecule has 11 heavy (non-hydrogen) atoms. The molecular weight excluding hydrogens is 210 g/mol. The second-order valence-electron chi connectivity index (χ2n) is 1.91. The lowest BCUT2D eigenvalue weighted by molar-refractivity contribution is 0.245. The SMILES string of the molecule is OCc1occc1C(Cl)(Cl)Cl. The molecule has 2 nitrogen and oxygen atoms in total. The molecule has 62 valence electrons. The Morgan fingerprint density at radius 1 is 1.45 bits per heavy atom. The molecule has 0 saturated heterocycles. The second kappa shape index (κ2) is 3.23. The molecule has 1 aromatic heterocycles. The van der Waals surface area contributed by atoms with E-state index in [1.807, 2.05) is 0 Å². The fourth-order valence-electron chi connectivity index (χ4n) is 0.716. The van der Waals surface area contributed by atoms with Crippen LogP contribution in [0.15, 0.2) is 16.7 Å². The van der Waals surface area contributed by atoms with Crippen LogP contribution in [0.25, 0.3) is 0 Å². The maximum Gasteiger partial charge on any atom is 0.219 e. The molecule has 0 aliphatic carbocycles. The van der Waals surface area contributed by atoms with Crippen LogP contribution in [-0.4, -0.2) is 5.11 Å². The van der Waals surface area contributed by atoms with Crippen molar-refractivity contribution in [1.82, 2.24) is 0 Å². The number of halogens is 3. The summed E-state index contributed by atoms with van der Waals surface area (Å²) in [6.07, 6.45) is 1.36. The molecule has 1 aromatic rings. The van der Waals surface area contributed by atoms with Gasteiger partial charge in [0.2, 0.25) is 3.79 Å². The predicted octanol–water partition coefficient (Wildman–Crippen LogP) is 2.60. The topological polar surface area (TPSA) is 33.4 Å². The highest BCUT2D eigenvalue weighted by Gasteiger charge is 2.27. The van der Waals surface area contributed by atoms with E-state index in [4.69, 9.17) is 44.3 Å². The van der Waals surface area contributed by atoms with E-state index in [0.29, 0.717) is 5.56 Å². The Bertz CT molecular complexity index is 238. The number of furan rings is 1. The third-order valence-electron chi connectivity index (χ3n) is 1.19. The van der Waals surface area contributed by atoms with E-state index in [1.165, 1.54) is 12.3 Å². The maximum absolute atomic E-state index is 8.70. The minimum absolute atomic E-state index is 0.268. The fourth-order valence-corrected chi connectivity index (χ4v) is 1.22. The molecule has 0 saturated carbocycles. The van der Waals surface area contributed by atoms with Gasteiger partial charge in [0.1, 0.15) is 12.4 Å². The molecule has 0 aromatic carbocycles. The van der Waals surface area contributed by atoms with Crippen LogP contribution in [0, 0.1) is 0 Å². The molecule has 0 atom stereocenters.